The van der Waals surface area contributed by atoms with Crippen molar-refractivity contribution in [1.82, 2.24) is 20.2 Å². The topological polar surface area (TPSA) is 85.4 Å². The lowest BCUT2D eigenvalue weighted by Gasteiger charge is -2.32. The van der Waals surface area contributed by atoms with Crippen LogP contribution in [0.3, 0.4) is 0 Å². The van der Waals surface area contributed by atoms with Crippen molar-refractivity contribution in [3.63, 3.8) is 0 Å². The van der Waals surface area contributed by atoms with Crippen LogP contribution in [0.1, 0.15) is 43.1 Å². The molecule has 1 amide bonds. The van der Waals surface area contributed by atoms with Gasteiger partial charge in [0.25, 0.3) is 5.91 Å². The Bertz CT molecular complexity index is 1170. The molecule has 31 heavy (non-hydrogen) atoms. The van der Waals surface area contributed by atoms with Crippen molar-refractivity contribution in [2.45, 2.75) is 44.8 Å². The Hall–Kier alpha value is -3.19. The molecule has 1 spiro atoms. The molecule has 0 radical (unpaired) electrons. The zero-order valence-electron chi connectivity index (χ0n) is 18.2. The van der Waals surface area contributed by atoms with Crippen LogP contribution < -0.4 is 10.6 Å². The molecule has 0 aliphatic carbocycles. The standard InChI is InChI=1S/C24H28N6O/c1-23(2,3)29-22-24(27-13-17-6-4-5-7-18(17)28-22)10-11-30(14-24)21(31)16-8-9-19-20(12-16)26-15-25-19/h4-9,12,15,27H,10-11,13-14H2,1-3H3,(H,25,26)(H,28,29). The molecule has 1 unspecified atom stereocenters. The van der Waals surface area contributed by atoms with Crippen LogP contribution in [0.2, 0.25) is 0 Å². The van der Waals surface area contributed by atoms with Gasteiger partial charge in [0.05, 0.1) is 28.4 Å². The van der Waals surface area contributed by atoms with Crippen molar-refractivity contribution in [2.24, 2.45) is 4.99 Å². The molecular formula is C24H28N6O. The SMILES string of the molecule is CC(C)(C)N=C1Nc2ccccc2CNC12CCN(C(=O)c1ccc3nc[nH]c3c1)C2. The fraction of sp³-hybridized carbons (Fsp3) is 0.375. The number of rotatable bonds is 1. The van der Waals surface area contributed by atoms with Crippen LogP contribution in [0.25, 0.3) is 11.0 Å². The second-order valence-electron chi connectivity index (χ2n) is 9.46. The monoisotopic (exact) mass is 416 g/mol. The van der Waals surface area contributed by atoms with Crippen LogP contribution in [-0.2, 0) is 6.54 Å². The zero-order chi connectivity index (χ0) is 21.6. The highest BCUT2D eigenvalue weighted by Crippen LogP contribution is 2.31. The van der Waals surface area contributed by atoms with Gasteiger partial charge in [-0.05, 0) is 57.0 Å². The van der Waals surface area contributed by atoms with Crippen molar-refractivity contribution >= 4 is 28.5 Å². The van der Waals surface area contributed by atoms with E-state index in [1.807, 2.05) is 29.2 Å². The van der Waals surface area contributed by atoms with Crippen molar-refractivity contribution in [2.75, 3.05) is 18.4 Å². The van der Waals surface area contributed by atoms with Gasteiger partial charge in [0.2, 0.25) is 0 Å². The fourth-order valence-corrected chi connectivity index (χ4v) is 4.43. The number of aromatic nitrogens is 2. The Balaban J connectivity index is 1.46. The molecule has 0 saturated carbocycles. The summed E-state index contributed by atoms with van der Waals surface area (Å²) in [5.41, 5.74) is 4.05. The highest BCUT2D eigenvalue weighted by molar-refractivity contribution is 6.05. The van der Waals surface area contributed by atoms with E-state index in [0.717, 1.165) is 35.5 Å². The quantitative estimate of drug-likeness (QED) is 0.566. The molecular weight excluding hydrogens is 388 g/mol. The number of para-hydroxylation sites is 1. The minimum atomic E-state index is -0.403. The molecule has 2 aliphatic heterocycles. The Morgan fingerprint density at radius 1 is 1.19 bits per heavy atom. The van der Waals surface area contributed by atoms with E-state index in [2.05, 4.69) is 59.6 Å². The van der Waals surface area contributed by atoms with Crippen LogP contribution in [0.5, 0.6) is 0 Å². The highest BCUT2D eigenvalue weighted by atomic mass is 16.2. The number of fused-ring (bicyclic) bond motifs is 2. The first-order chi connectivity index (χ1) is 14.8. The summed E-state index contributed by atoms with van der Waals surface area (Å²) < 4.78 is 0. The van der Waals surface area contributed by atoms with Gasteiger partial charge >= 0.3 is 0 Å². The van der Waals surface area contributed by atoms with Crippen molar-refractivity contribution < 1.29 is 4.79 Å². The maximum absolute atomic E-state index is 13.3. The predicted octanol–water partition coefficient (Wildman–Crippen LogP) is 3.56. The Morgan fingerprint density at radius 3 is 2.87 bits per heavy atom. The summed E-state index contributed by atoms with van der Waals surface area (Å²) in [6.07, 6.45) is 2.46. The lowest BCUT2D eigenvalue weighted by Crippen LogP contribution is -2.56. The summed E-state index contributed by atoms with van der Waals surface area (Å²) in [6, 6.07) is 13.9. The Labute approximate surface area is 182 Å². The van der Waals surface area contributed by atoms with E-state index in [-0.39, 0.29) is 11.4 Å². The van der Waals surface area contributed by atoms with E-state index in [1.54, 1.807) is 6.33 Å². The van der Waals surface area contributed by atoms with Crippen LogP contribution >= 0.6 is 0 Å². The summed E-state index contributed by atoms with van der Waals surface area (Å²) in [7, 11) is 0. The molecule has 5 rings (SSSR count). The molecule has 7 nitrogen and oxygen atoms in total. The predicted molar refractivity (Wildman–Crippen MR) is 123 cm³/mol. The zero-order valence-corrected chi connectivity index (χ0v) is 18.2. The number of H-pyrrole nitrogens is 1. The second-order valence-corrected chi connectivity index (χ2v) is 9.46. The van der Waals surface area contributed by atoms with Gasteiger partial charge in [-0.1, -0.05) is 18.2 Å². The maximum atomic E-state index is 13.3. The van der Waals surface area contributed by atoms with Gasteiger partial charge in [0, 0.05) is 30.9 Å². The van der Waals surface area contributed by atoms with Gasteiger partial charge in [0.1, 0.15) is 5.84 Å². The van der Waals surface area contributed by atoms with Gasteiger partial charge in [-0.2, -0.15) is 0 Å². The van der Waals surface area contributed by atoms with Crippen LogP contribution in [-0.4, -0.2) is 50.8 Å². The molecule has 0 bridgehead atoms. The number of anilines is 1. The summed E-state index contributed by atoms with van der Waals surface area (Å²) in [5.74, 6) is 0.941. The highest BCUT2D eigenvalue weighted by Gasteiger charge is 2.46. The molecule has 3 N–H and O–H groups in total. The van der Waals surface area contributed by atoms with Crippen LogP contribution in [0, 0.1) is 0 Å². The third kappa shape index (κ3) is 3.70. The third-order valence-electron chi connectivity index (χ3n) is 6.01. The number of amidine groups is 1. The first-order valence-corrected chi connectivity index (χ1v) is 10.8. The number of aromatic amines is 1. The number of nitrogens with one attached hydrogen (secondary N) is 3. The number of hydrogen-bond acceptors (Lipinski definition) is 4. The van der Waals surface area contributed by atoms with E-state index < -0.39 is 5.54 Å². The first kappa shape index (κ1) is 19.8. The second kappa shape index (κ2) is 7.20. The van der Waals surface area contributed by atoms with Crippen LogP contribution in [0.15, 0.2) is 53.8 Å². The average molecular weight is 417 g/mol. The number of carbonyl (C=O) groups is 1. The number of amides is 1. The number of hydrogen-bond donors (Lipinski definition) is 3. The molecule has 1 atom stereocenters. The van der Waals surface area contributed by atoms with Crippen LogP contribution in [0.4, 0.5) is 5.69 Å². The minimum Gasteiger partial charge on any atom is -0.345 e. The smallest absolute Gasteiger partial charge is 0.254 e. The normalized spacial score (nSPS) is 22.5. The lowest BCUT2D eigenvalue weighted by molar-refractivity contribution is 0.0786. The maximum Gasteiger partial charge on any atom is 0.254 e. The summed E-state index contributed by atoms with van der Waals surface area (Å²) in [6.45, 7) is 8.28. The van der Waals surface area contributed by atoms with Gasteiger partial charge in [0.15, 0.2) is 0 Å². The lowest BCUT2D eigenvalue weighted by atomic mass is 9.95. The van der Waals surface area contributed by atoms with Gasteiger partial charge in [-0.3, -0.25) is 15.1 Å². The van der Waals surface area contributed by atoms with Crippen molar-refractivity contribution in [1.29, 1.82) is 0 Å². The molecule has 1 aromatic heterocycles. The number of benzene rings is 2. The minimum absolute atomic E-state index is 0.0343. The Kier molecular flexibility index (Phi) is 4.59. The van der Waals surface area contributed by atoms with E-state index >= 15 is 0 Å². The van der Waals surface area contributed by atoms with E-state index in [4.69, 9.17) is 4.99 Å². The van der Waals surface area contributed by atoms with E-state index in [9.17, 15) is 4.79 Å². The number of aliphatic imine (C=N–C) groups is 1. The largest absolute Gasteiger partial charge is 0.345 e. The first-order valence-electron chi connectivity index (χ1n) is 10.8. The molecule has 7 heteroatoms. The summed E-state index contributed by atoms with van der Waals surface area (Å²) >= 11 is 0. The Morgan fingerprint density at radius 2 is 2.03 bits per heavy atom. The fourth-order valence-electron chi connectivity index (χ4n) is 4.43. The molecule has 2 aliphatic rings. The van der Waals surface area contributed by atoms with Crippen molar-refractivity contribution in [3.8, 4) is 0 Å². The van der Waals surface area contributed by atoms with Gasteiger partial charge in [-0.25, -0.2) is 4.98 Å². The average Bonchev–Trinajstić information content (AvgIpc) is 3.35. The number of nitrogens with zero attached hydrogens (tertiary/aromatic N) is 3. The number of carbonyl (C=O) groups excluding carboxylic acids is 1. The molecule has 1 saturated heterocycles. The molecule has 2 aromatic carbocycles. The third-order valence-corrected chi connectivity index (χ3v) is 6.01. The number of likely N-dealkylation sites (tertiary alicyclic amines) is 1. The number of imidazole rings is 1. The molecule has 160 valence electrons. The molecule has 3 aromatic rings. The van der Waals surface area contributed by atoms with E-state index in [1.165, 1.54) is 5.56 Å². The summed E-state index contributed by atoms with van der Waals surface area (Å²) in [5, 5.41) is 7.35. The summed E-state index contributed by atoms with van der Waals surface area (Å²) in [4.78, 5) is 27.7. The van der Waals surface area contributed by atoms with Gasteiger partial charge < -0.3 is 15.2 Å². The molecule has 3 heterocycles. The van der Waals surface area contributed by atoms with E-state index in [0.29, 0.717) is 18.7 Å². The van der Waals surface area contributed by atoms with Crippen molar-refractivity contribution in [3.05, 3.63) is 59.9 Å². The molecule has 1 fully saturated rings. The van der Waals surface area contributed by atoms with Gasteiger partial charge in [-0.15, -0.1) is 0 Å².